The molecule has 0 radical (unpaired) electrons. The van der Waals surface area contributed by atoms with E-state index in [1.54, 1.807) is 0 Å². The van der Waals surface area contributed by atoms with Gasteiger partial charge in [0.2, 0.25) is 0 Å². The molecule has 0 saturated carbocycles. The average Bonchev–Trinajstić information content (AvgIpc) is 2.74. The van der Waals surface area contributed by atoms with Crippen LogP contribution in [-0.4, -0.2) is 33.0 Å². The maximum Gasteiger partial charge on any atom is 0.338 e. The number of aromatic amines is 1. The van der Waals surface area contributed by atoms with E-state index in [0.717, 1.165) is 11.1 Å². The van der Waals surface area contributed by atoms with Crippen LogP contribution in [0.1, 0.15) is 28.4 Å². The van der Waals surface area contributed by atoms with E-state index in [4.69, 9.17) is 5.73 Å². The van der Waals surface area contributed by atoms with Crippen LogP contribution < -0.4 is 5.73 Å². The summed E-state index contributed by atoms with van der Waals surface area (Å²) in [7, 11) is 0. The normalized spacial score (nSPS) is 10.9. The first-order valence-corrected chi connectivity index (χ1v) is 5.47. The summed E-state index contributed by atoms with van der Waals surface area (Å²) in [6.45, 7) is 2.41. The Balaban J connectivity index is 2.78. The second-order valence-electron chi connectivity index (χ2n) is 3.78. The summed E-state index contributed by atoms with van der Waals surface area (Å²) in [6.07, 6.45) is 1.28. The molecule has 0 saturated heterocycles. The van der Waals surface area contributed by atoms with E-state index in [2.05, 4.69) is 15.4 Å². The van der Waals surface area contributed by atoms with Crippen molar-refractivity contribution >= 4 is 17.0 Å². The van der Waals surface area contributed by atoms with Gasteiger partial charge in [0.05, 0.1) is 5.56 Å². The van der Waals surface area contributed by atoms with Crippen molar-refractivity contribution in [3.05, 3.63) is 22.8 Å². The Morgan fingerprint density at radius 2 is 2.29 bits per heavy atom. The summed E-state index contributed by atoms with van der Waals surface area (Å²) in [5, 5.41) is 19.6. The van der Waals surface area contributed by atoms with Crippen molar-refractivity contribution in [1.29, 1.82) is 0 Å². The van der Waals surface area contributed by atoms with Crippen molar-refractivity contribution in [2.45, 2.75) is 19.8 Å². The van der Waals surface area contributed by atoms with Gasteiger partial charge in [0, 0.05) is 0 Å². The molecule has 0 spiro atoms. The van der Waals surface area contributed by atoms with E-state index in [9.17, 15) is 9.90 Å². The van der Waals surface area contributed by atoms with E-state index in [-0.39, 0.29) is 5.56 Å². The summed E-state index contributed by atoms with van der Waals surface area (Å²) in [5.41, 5.74) is 8.50. The molecule has 0 bridgehead atoms. The molecule has 0 unspecified atom stereocenters. The molecule has 1 aromatic heterocycles. The fourth-order valence-electron chi connectivity index (χ4n) is 2.09. The maximum absolute atomic E-state index is 11.3. The zero-order valence-corrected chi connectivity index (χ0v) is 9.53. The molecule has 0 aliphatic heterocycles. The third-order valence-corrected chi connectivity index (χ3v) is 2.79. The summed E-state index contributed by atoms with van der Waals surface area (Å²) in [6, 6.07) is 1.86. The van der Waals surface area contributed by atoms with Crippen molar-refractivity contribution in [2.75, 3.05) is 6.54 Å². The van der Waals surface area contributed by atoms with E-state index in [1.807, 2.05) is 13.0 Å². The van der Waals surface area contributed by atoms with Gasteiger partial charge in [-0.2, -0.15) is 15.4 Å². The van der Waals surface area contributed by atoms with E-state index >= 15 is 0 Å². The number of nitrogens with one attached hydrogen (secondary N) is 1. The van der Waals surface area contributed by atoms with Crippen molar-refractivity contribution in [1.82, 2.24) is 15.4 Å². The Morgan fingerprint density at radius 3 is 2.88 bits per heavy atom. The second kappa shape index (κ2) is 4.50. The van der Waals surface area contributed by atoms with Gasteiger partial charge >= 0.3 is 5.97 Å². The summed E-state index contributed by atoms with van der Waals surface area (Å²) in [4.78, 5) is 11.3. The topological polar surface area (TPSA) is 105 Å². The lowest BCUT2D eigenvalue weighted by molar-refractivity contribution is 0.0697. The summed E-state index contributed by atoms with van der Waals surface area (Å²) < 4.78 is 0. The molecule has 2 aromatic rings. The SMILES string of the molecule is CCc1c(CCN)cc2n[nH]nc2c1C(=O)O. The van der Waals surface area contributed by atoms with Gasteiger partial charge in [-0.3, -0.25) is 0 Å². The third-order valence-electron chi connectivity index (χ3n) is 2.79. The molecule has 1 heterocycles. The van der Waals surface area contributed by atoms with Gasteiger partial charge in [-0.25, -0.2) is 4.79 Å². The monoisotopic (exact) mass is 234 g/mol. The number of rotatable bonds is 4. The van der Waals surface area contributed by atoms with Crippen LogP contribution in [0.25, 0.3) is 11.0 Å². The van der Waals surface area contributed by atoms with Gasteiger partial charge in [-0.05, 0) is 36.6 Å². The molecule has 6 heteroatoms. The Bertz CT molecular complexity index is 562. The molecular formula is C11H14N4O2. The lowest BCUT2D eigenvalue weighted by atomic mass is 9.95. The number of aromatic carboxylic acids is 1. The summed E-state index contributed by atoms with van der Waals surface area (Å²) in [5.74, 6) is -0.973. The molecule has 0 fully saturated rings. The van der Waals surface area contributed by atoms with Gasteiger partial charge in [0.1, 0.15) is 11.0 Å². The minimum absolute atomic E-state index is 0.238. The molecule has 1 aromatic carbocycles. The number of hydrogen-bond donors (Lipinski definition) is 3. The molecule has 0 aliphatic carbocycles. The minimum Gasteiger partial charge on any atom is -0.478 e. The molecule has 90 valence electrons. The highest BCUT2D eigenvalue weighted by Crippen LogP contribution is 2.24. The largest absolute Gasteiger partial charge is 0.478 e. The number of aromatic nitrogens is 3. The van der Waals surface area contributed by atoms with Crippen LogP contribution in [0.3, 0.4) is 0 Å². The number of nitrogens with two attached hydrogens (primary N) is 1. The Hall–Kier alpha value is -1.95. The van der Waals surface area contributed by atoms with Crippen LogP contribution in [-0.2, 0) is 12.8 Å². The smallest absolute Gasteiger partial charge is 0.338 e. The van der Waals surface area contributed by atoms with Crippen molar-refractivity contribution < 1.29 is 9.90 Å². The first-order chi connectivity index (χ1) is 8.19. The van der Waals surface area contributed by atoms with Crippen LogP contribution >= 0.6 is 0 Å². The fourth-order valence-corrected chi connectivity index (χ4v) is 2.09. The standard InChI is InChI=1S/C11H14N4O2/c1-2-7-6(3-4-12)5-8-10(14-15-13-8)9(7)11(16)17/h5H,2-4,12H2,1H3,(H,16,17)(H,13,14,15). The van der Waals surface area contributed by atoms with E-state index in [0.29, 0.717) is 30.4 Å². The van der Waals surface area contributed by atoms with Gasteiger partial charge in [-0.1, -0.05) is 6.92 Å². The zero-order chi connectivity index (χ0) is 12.4. The number of benzene rings is 1. The van der Waals surface area contributed by atoms with Gasteiger partial charge in [0.15, 0.2) is 0 Å². The quantitative estimate of drug-likeness (QED) is 0.723. The first-order valence-electron chi connectivity index (χ1n) is 5.47. The van der Waals surface area contributed by atoms with Gasteiger partial charge < -0.3 is 10.8 Å². The number of fused-ring (bicyclic) bond motifs is 1. The van der Waals surface area contributed by atoms with Crippen molar-refractivity contribution in [2.24, 2.45) is 5.73 Å². The number of nitrogens with zero attached hydrogens (tertiary/aromatic N) is 2. The van der Waals surface area contributed by atoms with Gasteiger partial charge in [-0.15, -0.1) is 0 Å². The first kappa shape index (κ1) is 11.5. The third kappa shape index (κ3) is 1.87. The molecule has 4 N–H and O–H groups in total. The number of carboxylic acids is 1. The fraction of sp³-hybridized carbons (Fsp3) is 0.364. The molecule has 2 rings (SSSR count). The molecule has 6 nitrogen and oxygen atoms in total. The minimum atomic E-state index is -0.973. The lowest BCUT2D eigenvalue weighted by Crippen LogP contribution is -2.10. The Morgan fingerprint density at radius 1 is 1.53 bits per heavy atom. The highest BCUT2D eigenvalue weighted by atomic mass is 16.4. The Kier molecular flexibility index (Phi) is 3.06. The van der Waals surface area contributed by atoms with Crippen LogP contribution in [0, 0.1) is 0 Å². The average molecular weight is 234 g/mol. The predicted octanol–water partition coefficient (Wildman–Crippen LogP) is 0.720. The maximum atomic E-state index is 11.3. The van der Waals surface area contributed by atoms with Crippen LogP contribution in [0.2, 0.25) is 0 Å². The van der Waals surface area contributed by atoms with Gasteiger partial charge in [0.25, 0.3) is 0 Å². The van der Waals surface area contributed by atoms with Crippen LogP contribution in [0.15, 0.2) is 6.07 Å². The molecule has 0 amide bonds. The van der Waals surface area contributed by atoms with Crippen molar-refractivity contribution in [3.8, 4) is 0 Å². The number of H-pyrrole nitrogens is 1. The Labute approximate surface area is 97.8 Å². The number of carbonyl (C=O) groups is 1. The van der Waals surface area contributed by atoms with Crippen LogP contribution in [0.5, 0.6) is 0 Å². The number of carboxylic acid groups (broad SMARTS) is 1. The summed E-state index contributed by atoms with van der Waals surface area (Å²) >= 11 is 0. The number of hydrogen-bond acceptors (Lipinski definition) is 4. The molecule has 0 aliphatic rings. The lowest BCUT2D eigenvalue weighted by Gasteiger charge is -2.10. The van der Waals surface area contributed by atoms with Crippen molar-refractivity contribution in [3.63, 3.8) is 0 Å². The van der Waals surface area contributed by atoms with E-state index < -0.39 is 5.97 Å². The van der Waals surface area contributed by atoms with Crippen LogP contribution in [0.4, 0.5) is 0 Å². The predicted molar refractivity (Wildman–Crippen MR) is 63.0 cm³/mol. The highest BCUT2D eigenvalue weighted by Gasteiger charge is 2.19. The molecular weight excluding hydrogens is 220 g/mol. The molecule has 0 atom stereocenters. The second-order valence-corrected chi connectivity index (χ2v) is 3.78. The van der Waals surface area contributed by atoms with E-state index in [1.165, 1.54) is 0 Å². The zero-order valence-electron chi connectivity index (χ0n) is 9.53. The molecule has 17 heavy (non-hydrogen) atoms. The highest BCUT2D eigenvalue weighted by molar-refractivity contribution is 6.02.